The van der Waals surface area contributed by atoms with Crippen molar-refractivity contribution < 1.29 is 9.59 Å². The molecule has 0 bridgehead atoms. The van der Waals surface area contributed by atoms with Crippen LogP contribution in [0.2, 0.25) is 0 Å². The molecule has 1 aliphatic rings. The van der Waals surface area contributed by atoms with E-state index >= 15 is 0 Å². The van der Waals surface area contributed by atoms with Gasteiger partial charge in [-0.1, -0.05) is 6.07 Å². The summed E-state index contributed by atoms with van der Waals surface area (Å²) in [6, 6.07) is 5.88. The molecule has 0 radical (unpaired) electrons. The van der Waals surface area contributed by atoms with E-state index in [0.717, 1.165) is 26.1 Å². The number of carbonyl (C=O) groups excluding carboxylic acids is 2. The van der Waals surface area contributed by atoms with Gasteiger partial charge in [0.05, 0.1) is 0 Å². The molecule has 3 heterocycles. The van der Waals surface area contributed by atoms with Gasteiger partial charge < -0.3 is 10.3 Å². The number of nitrogens with one attached hydrogen (secondary N) is 2. The van der Waals surface area contributed by atoms with Gasteiger partial charge in [-0.3, -0.25) is 14.5 Å². The lowest BCUT2D eigenvalue weighted by Crippen LogP contribution is -2.40. The molecule has 2 aromatic heterocycles. The summed E-state index contributed by atoms with van der Waals surface area (Å²) in [6.07, 6.45) is 3.90. The molecule has 1 saturated heterocycles. The second kappa shape index (κ2) is 7.77. The van der Waals surface area contributed by atoms with Gasteiger partial charge in [0.2, 0.25) is 0 Å². The van der Waals surface area contributed by atoms with Gasteiger partial charge in [-0.05, 0) is 49.7 Å². The molecule has 128 valence electrons. The number of Topliss-reactive ketones (excluding diaryl/α,β-unsaturated/α-hetero) is 1. The zero-order valence-electron chi connectivity index (χ0n) is 13.9. The maximum atomic E-state index is 12.2. The molecule has 0 spiro atoms. The smallest absolute Gasteiger partial charge is 0.267 e. The fourth-order valence-electron chi connectivity index (χ4n) is 3.15. The first-order chi connectivity index (χ1) is 11.6. The second-order valence-electron chi connectivity index (χ2n) is 6.39. The average molecular weight is 345 g/mol. The number of carbonyl (C=O) groups is 2. The minimum absolute atomic E-state index is 0.0400. The van der Waals surface area contributed by atoms with Crippen LogP contribution in [0.1, 0.15) is 45.5 Å². The highest BCUT2D eigenvalue weighted by Crippen LogP contribution is 2.20. The zero-order valence-corrected chi connectivity index (χ0v) is 14.7. The number of nitrogens with zero attached hydrogens (tertiary/aromatic N) is 1. The standard InChI is InChI=1S/C18H23N3O2S/c1-13(22)15-8-17(19-10-15)18(23)20-9-14-4-2-6-21(11-14)12-16-5-3-7-24-16/h3,5,7-8,10,14,19H,2,4,6,9,11-12H2,1H3,(H,20,23)/t14-/m0/s1. The van der Waals surface area contributed by atoms with Gasteiger partial charge in [-0.2, -0.15) is 0 Å². The lowest BCUT2D eigenvalue weighted by atomic mass is 9.98. The first-order valence-electron chi connectivity index (χ1n) is 8.34. The van der Waals surface area contributed by atoms with E-state index in [1.54, 1.807) is 23.6 Å². The van der Waals surface area contributed by atoms with Gasteiger partial charge in [-0.25, -0.2) is 0 Å². The summed E-state index contributed by atoms with van der Waals surface area (Å²) in [5.41, 5.74) is 0.992. The minimum Gasteiger partial charge on any atom is -0.356 e. The predicted molar refractivity (Wildman–Crippen MR) is 95.5 cm³/mol. The van der Waals surface area contributed by atoms with Crippen molar-refractivity contribution in [1.82, 2.24) is 15.2 Å². The third-order valence-corrected chi connectivity index (χ3v) is 5.31. The van der Waals surface area contributed by atoms with E-state index in [1.165, 1.54) is 18.2 Å². The number of likely N-dealkylation sites (tertiary alicyclic amines) is 1. The molecule has 0 aliphatic carbocycles. The van der Waals surface area contributed by atoms with E-state index in [2.05, 4.69) is 32.7 Å². The Hall–Kier alpha value is -1.92. The third-order valence-electron chi connectivity index (χ3n) is 4.45. The van der Waals surface area contributed by atoms with Gasteiger partial charge >= 0.3 is 0 Å². The average Bonchev–Trinajstić information content (AvgIpc) is 3.24. The van der Waals surface area contributed by atoms with Gasteiger partial charge in [0.1, 0.15) is 5.69 Å². The van der Waals surface area contributed by atoms with Gasteiger partial charge in [-0.15, -0.1) is 11.3 Å². The second-order valence-corrected chi connectivity index (χ2v) is 7.42. The first kappa shape index (κ1) is 16.9. The number of aromatic amines is 1. The number of rotatable bonds is 6. The molecule has 1 atom stereocenters. The van der Waals surface area contributed by atoms with Crippen LogP contribution in [0, 0.1) is 5.92 Å². The van der Waals surface area contributed by atoms with Crippen molar-refractivity contribution in [1.29, 1.82) is 0 Å². The topological polar surface area (TPSA) is 65.2 Å². The highest BCUT2D eigenvalue weighted by atomic mass is 32.1. The summed E-state index contributed by atoms with van der Waals surface area (Å²) in [6.45, 7) is 5.31. The van der Waals surface area contributed by atoms with Crippen molar-refractivity contribution in [2.24, 2.45) is 5.92 Å². The molecule has 1 aliphatic heterocycles. The molecule has 1 fully saturated rings. The third kappa shape index (κ3) is 4.33. The van der Waals surface area contributed by atoms with Crippen molar-refractivity contribution in [3.63, 3.8) is 0 Å². The molecule has 1 amide bonds. The van der Waals surface area contributed by atoms with Crippen LogP contribution >= 0.6 is 11.3 Å². The summed E-state index contributed by atoms with van der Waals surface area (Å²) < 4.78 is 0. The van der Waals surface area contributed by atoms with Gasteiger partial charge in [0.25, 0.3) is 5.91 Å². The van der Waals surface area contributed by atoms with Crippen molar-refractivity contribution in [3.8, 4) is 0 Å². The van der Waals surface area contributed by atoms with E-state index in [1.807, 2.05) is 0 Å². The number of hydrogen-bond donors (Lipinski definition) is 2. The molecule has 24 heavy (non-hydrogen) atoms. The highest BCUT2D eigenvalue weighted by Gasteiger charge is 2.21. The van der Waals surface area contributed by atoms with E-state index in [0.29, 0.717) is 23.7 Å². The monoisotopic (exact) mass is 345 g/mol. The van der Waals surface area contributed by atoms with E-state index < -0.39 is 0 Å². The van der Waals surface area contributed by atoms with Crippen LogP contribution in [-0.2, 0) is 6.54 Å². The summed E-state index contributed by atoms with van der Waals surface area (Å²) >= 11 is 1.79. The fraction of sp³-hybridized carbons (Fsp3) is 0.444. The van der Waals surface area contributed by atoms with Crippen LogP contribution < -0.4 is 5.32 Å². The number of aromatic nitrogens is 1. The molecule has 0 unspecified atom stereocenters. The maximum absolute atomic E-state index is 12.2. The lowest BCUT2D eigenvalue weighted by Gasteiger charge is -2.32. The number of thiophene rings is 1. The Kier molecular flexibility index (Phi) is 5.48. The Balaban J connectivity index is 1.48. The minimum atomic E-state index is -0.141. The Morgan fingerprint density at radius 1 is 1.46 bits per heavy atom. The maximum Gasteiger partial charge on any atom is 0.267 e. The normalized spacial score (nSPS) is 18.5. The van der Waals surface area contributed by atoms with Crippen LogP contribution in [-0.4, -0.2) is 41.2 Å². The fourth-order valence-corrected chi connectivity index (χ4v) is 3.89. The van der Waals surface area contributed by atoms with Crippen molar-refractivity contribution in [2.45, 2.75) is 26.3 Å². The van der Waals surface area contributed by atoms with Crippen LogP contribution in [0.15, 0.2) is 29.8 Å². The van der Waals surface area contributed by atoms with Crippen molar-refractivity contribution in [3.05, 3.63) is 45.9 Å². The molecular formula is C18H23N3O2S. The number of ketones is 1. The van der Waals surface area contributed by atoms with E-state index in [4.69, 9.17) is 0 Å². The Bertz CT molecular complexity index is 693. The molecule has 0 saturated carbocycles. The van der Waals surface area contributed by atoms with Crippen molar-refractivity contribution >= 4 is 23.0 Å². The Morgan fingerprint density at radius 2 is 2.33 bits per heavy atom. The summed E-state index contributed by atoms with van der Waals surface area (Å²) in [5, 5.41) is 5.11. The molecule has 0 aromatic carbocycles. The lowest BCUT2D eigenvalue weighted by molar-refractivity contribution is 0.0926. The van der Waals surface area contributed by atoms with Crippen LogP contribution in [0.25, 0.3) is 0 Å². The molecular weight excluding hydrogens is 322 g/mol. The van der Waals surface area contributed by atoms with E-state index in [-0.39, 0.29) is 11.7 Å². The van der Waals surface area contributed by atoms with E-state index in [9.17, 15) is 9.59 Å². The molecule has 2 aromatic rings. The number of hydrogen-bond acceptors (Lipinski definition) is 4. The first-order valence-corrected chi connectivity index (χ1v) is 9.22. The predicted octanol–water partition coefficient (Wildman–Crippen LogP) is 2.92. The molecule has 3 rings (SSSR count). The highest BCUT2D eigenvalue weighted by molar-refractivity contribution is 7.09. The molecule has 2 N–H and O–H groups in total. The summed E-state index contributed by atoms with van der Waals surface area (Å²) in [5.74, 6) is 0.296. The molecule has 6 heteroatoms. The summed E-state index contributed by atoms with van der Waals surface area (Å²) in [7, 11) is 0. The van der Waals surface area contributed by atoms with Crippen LogP contribution in [0.5, 0.6) is 0 Å². The Morgan fingerprint density at radius 3 is 3.04 bits per heavy atom. The van der Waals surface area contributed by atoms with Crippen LogP contribution in [0.3, 0.4) is 0 Å². The quantitative estimate of drug-likeness (QED) is 0.791. The largest absolute Gasteiger partial charge is 0.356 e. The van der Waals surface area contributed by atoms with Gasteiger partial charge in [0, 0.05) is 36.3 Å². The molecule has 5 nitrogen and oxygen atoms in total. The van der Waals surface area contributed by atoms with Crippen LogP contribution in [0.4, 0.5) is 0 Å². The number of amides is 1. The Labute approximate surface area is 146 Å². The summed E-state index contributed by atoms with van der Waals surface area (Å²) in [4.78, 5) is 30.2. The number of piperidine rings is 1. The van der Waals surface area contributed by atoms with Crippen molar-refractivity contribution in [2.75, 3.05) is 19.6 Å². The van der Waals surface area contributed by atoms with Gasteiger partial charge in [0.15, 0.2) is 5.78 Å². The zero-order chi connectivity index (χ0) is 16.9. The number of H-pyrrole nitrogens is 1. The SMILES string of the molecule is CC(=O)c1c[nH]c(C(=O)NC[C@@H]2CCCN(Cc3cccs3)C2)c1.